The summed E-state index contributed by atoms with van der Waals surface area (Å²) in [4.78, 5) is 1.23. The quantitative estimate of drug-likeness (QED) is 0.679. The number of thioether (sulfide) groups is 2. The minimum absolute atomic E-state index is 0.114. The molecule has 0 aromatic heterocycles. The van der Waals surface area contributed by atoms with Crippen LogP contribution in [0, 0.1) is 10.2 Å². The average Bonchev–Trinajstić information content (AvgIpc) is 3.01. The number of sulfone groups is 1. The molecule has 0 amide bonds. The van der Waals surface area contributed by atoms with Crippen molar-refractivity contribution in [1.82, 2.24) is 0 Å². The maximum atomic E-state index is 13.3. The van der Waals surface area contributed by atoms with E-state index in [9.17, 15) is 22.4 Å². The zero-order valence-corrected chi connectivity index (χ0v) is 16.9. The maximum Gasteiger partial charge on any atom is 0.426 e. The van der Waals surface area contributed by atoms with Gasteiger partial charge in [0.2, 0.25) is 9.84 Å². The SMILES string of the molecule is O=S(=O)(c1ccccc1)C1(O[Cl+3]([O-])([O-])[O-])SC2=C(S1)c1ccccc1CC2. The summed E-state index contributed by atoms with van der Waals surface area (Å²) in [5.41, 5.74) is 1.88. The highest BCUT2D eigenvalue weighted by atomic mass is 35.7. The van der Waals surface area contributed by atoms with Gasteiger partial charge in [0.1, 0.15) is 4.29 Å². The molecular weight excluding hydrogens is 432 g/mol. The van der Waals surface area contributed by atoms with Gasteiger partial charge in [-0.1, -0.05) is 42.5 Å². The van der Waals surface area contributed by atoms with E-state index < -0.39 is 23.7 Å². The summed E-state index contributed by atoms with van der Waals surface area (Å²) < 4.78 is 63.2. The van der Waals surface area contributed by atoms with Crippen molar-refractivity contribution in [2.24, 2.45) is 0 Å². The number of rotatable bonds is 4. The molecule has 0 bridgehead atoms. The molecule has 0 spiro atoms. The highest BCUT2D eigenvalue weighted by Gasteiger charge is 2.64. The summed E-state index contributed by atoms with van der Waals surface area (Å²) >= 11 is 1.54. The van der Waals surface area contributed by atoms with Crippen LogP contribution in [0.2, 0.25) is 0 Å². The number of aryl methyl sites for hydroxylation is 1. The predicted molar refractivity (Wildman–Crippen MR) is 94.3 cm³/mol. The summed E-state index contributed by atoms with van der Waals surface area (Å²) in [7, 11) is -9.29. The van der Waals surface area contributed by atoms with Gasteiger partial charge in [-0.05, 0) is 59.6 Å². The third-order valence-corrected chi connectivity index (χ3v) is 11.0. The number of hydrogen-bond acceptors (Lipinski definition) is 8. The van der Waals surface area contributed by atoms with E-state index in [0.717, 1.165) is 34.7 Å². The number of benzene rings is 2. The largest absolute Gasteiger partial charge is 0.426 e. The fraction of sp³-hybridized carbons (Fsp3) is 0.176. The van der Waals surface area contributed by atoms with E-state index in [-0.39, 0.29) is 4.90 Å². The monoisotopic (exact) mass is 444 g/mol. The number of halogens is 1. The second kappa shape index (κ2) is 6.78. The van der Waals surface area contributed by atoms with Gasteiger partial charge in [-0.25, -0.2) is 8.42 Å². The molecule has 0 saturated carbocycles. The Hall–Kier alpha value is -1.04. The van der Waals surface area contributed by atoms with Gasteiger partial charge in [-0.15, -0.1) is 0 Å². The molecule has 6 nitrogen and oxygen atoms in total. The van der Waals surface area contributed by atoms with Crippen LogP contribution in [-0.4, -0.2) is 12.0 Å². The van der Waals surface area contributed by atoms with Crippen molar-refractivity contribution in [3.05, 3.63) is 70.6 Å². The molecule has 1 aliphatic carbocycles. The molecule has 1 unspecified atom stereocenters. The number of hydrogen-bond donors (Lipinski definition) is 0. The molecule has 1 atom stereocenters. The third-order valence-electron chi connectivity index (χ3n) is 4.18. The number of fused-ring (bicyclic) bond motifs is 2. The van der Waals surface area contributed by atoms with Crippen LogP contribution in [0.5, 0.6) is 0 Å². The van der Waals surface area contributed by atoms with E-state index in [0.29, 0.717) is 22.7 Å². The molecule has 2 aromatic carbocycles. The predicted octanol–water partition coefficient (Wildman–Crippen LogP) is 0.781. The highest BCUT2D eigenvalue weighted by Crippen LogP contribution is 2.64. The van der Waals surface area contributed by atoms with Gasteiger partial charge < -0.3 is 0 Å². The second-order valence-electron chi connectivity index (χ2n) is 5.89. The summed E-state index contributed by atoms with van der Waals surface area (Å²) in [6.45, 7) is 0. The molecule has 2 aromatic rings. The first kappa shape index (κ1) is 19.3. The first-order valence-corrected chi connectivity index (χ1v) is 12.2. The topological polar surface area (TPSA) is 113 Å². The Bertz CT molecular complexity index is 1020. The van der Waals surface area contributed by atoms with Gasteiger partial charge in [0.25, 0.3) is 0 Å². The summed E-state index contributed by atoms with van der Waals surface area (Å²) in [6.07, 6.45) is 1.25. The fourth-order valence-electron chi connectivity index (χ4n) is 3.02. The first-order chi connectivity index (χ1) is 12.7. The Morgan fingerprint density at radius 3 is 2.30 bits per heavy atom. The molecule has 4 rings (SSSR count). The van der Waals surface area contributed by atoms with E-state index in [4.69, 9.17) is 4.29 Å². The van der Waals surface area contributed by atoms with Crippen LogP contribution in [0.15, 0.2) is 64.4 Å². The summed E-state index contributed by atoms with van der Waals surface area (Å²) in [5, 5.41) is 0. The molecule has 142 valence electrons. The summed E-state index contributed by atoms with van der Waals surface area (Å²) in [5.74, 6) is 0. The van der Waals surface area contributed by atoms with E-state index in [1.54, 1.807) is 6.07 Å². The van der Waals surface area contributed by atoms with Crippen LogP contribution < -0.4 is 14.0 Å². The van der Waals surface area contributed by atoms with Crippen molar-refractivity contribution >= 4 is 38.3 Å². The van der Waals surface area contributed by atoms with E-state index in [1.807, 2.05) is 24.3 Å². The lowest BCUT2D eigenvalue weighted by Crippen LogP contribution is -2.64. The Morgan fingerprint density at radius 1 is 0.926 bits per heavy atom. The number of allylic oxidation sites excluding steroid dienone is 1. The zero-order chi connectivity index (χ0) is 19.3. The van der Waals surface area contributed by atoms with Crippen LogP contribution in [0.25, 0.3) is 4.91 Å². The van der Waals surface area contributed by atoms with Gasteiger partial charge in [0.05, 0.1) is 15.1 Å². The van der Waals surface area contributed by atoms with Crippen molar-refractivity contribution in [2.45, 2.75) is 21.3 Å². The van der Waals surface area contributed by atoms with Gasteiger partial charge in [0.15, 0.2) is 0 Å². The Labute approximate surface area is 166 Å². The smallest absolute Gasteiger partial charge is 0.218 e. The average molecular weight is 445 g/mol. The van der Waals surface area contributed by atoms with Crippen molar-refractivity contribution in [3.8, 4) is 0 Å². The third kappa shape index (κ3) is 3.43. The Kier molecular flexibility index (Phi) is 4.84. The second-order valence-corrected chi connectivity index (χ2v) is 12.1. The van der Waals surface area contributed by atoms with Crippen molar-refractivity contribution in [1.29, 1.82) is 0 Å². The summed E-state index contributed by atoms with van der Waals surface area (Å²) in [6, 6.07) is 14.9. The lowest BCUT2D eigenvalue weighted by atomic mass is 9.97. The van der Waals surface area contributed by atoms with Crippen LogP contribution >= 0.6 is 23.5 Å². The van der Waals surface area contributed by atoms with Gasteiger partial charge >= 0.3 is 3.60 Å². The van der Waals surface area contributed by atoms with Gasteiger partial charge in [0, 0.05) is 9.81 Å². The van der Waals surface area contributed by atoms with Gasteiger partial charge in [-0.2, -0.15) is 14.0 Å². The maximum absolute atomic E-state index is 13.3. The standard InChI is InChI=1S/C17H13ClO6S3/c19-18(20,21)24-17(27(22,23)13-7-2-1-3-8-13)25-15-11-10-12-6-4-5-9-14(12)16(15)26-17/h1-9H,10-11H2. The lowest BCUT2D eigenvalue weighted by molar-refractivity contribution is -1.92. The van der Waals surface area contributed by atoms with Crippen LogP contribution in [-0.2, 0) is 20.5 Å². The molecular formula is C17H13ClO6S3. The Balaban J connectivity index is 1.82. The zero-order valence-electron chi connectivity index (χ0n) is 13.7. The minimum Gasteiger partial charge on any atom is -0.218 e. The molecule has 1 heterocycles. The van der Waals surface area contributed by atoms with Crippen LogP contribution in [0.3, 0.4) is 0 Å². The molecule has 0 N–H and O–H groups in total. The molecule has 10 heteroatoms. The molecule has 2 aliphatic rings. The van der Waals surface area contributed by atoms with E-state index >= 15 is 0 Å². The fourth-order valence-corrected chi connectivity index (χ4v) is 9.79. The van der Waals surface area contributed by atoms with Crippen molar-refractivity contribution in [3.63, 3.8) is 0 Å². The molecule has 0 radical (unpaired) electrons. The molecule has 0 fully saturated rings. The molecule has 27 heavy (non-hydrogen) atoms. The van der Waals surface area contributed by atoms with Gasteiger partial charge in [-0.3, -0.25) is 0 Å². The molecule has 1 aliphatic heterocycles. The van der Waals surface area contributed by atoms with E-state index in [1.165, 1.54) is 24.3 Å². The van der Waals surface area contributed by atoms with Crippen molar-refractivity contribution in [2.75, 3.05) is 0 Å². The van der Waals surface area contributed by atoms with E-state index in [2.05, 4.69) is 0 Å². The highest BCUT2D eigenvalue weighted by molar-refractivity contribution is 8.37. The van der Waals surface area contributed by atoms with Crippen LogP contribution in [0.1, 0.15) is 17.5 Å². The Morgan fingerprint density at radius 2 is 1.59 bits per heavy atom. The van der Waals surface area contributed by atoms with Crippen molar-refractivity contribution < 1.29 is 36.9 Å². The first-order valence-electron chi connectivity index (χ1n) is 7.82. The molecule has 0 saturated heterocycles. The lowest BCUT2D eigenvalue weighted by Gasteiger charge is -2.25. The minimum atomic E-state index is -4.97. The van der Waals surface area contributed by atoms with Crippen LogP contribution in [0.4, 0.5) is 0 Å². The normalized spacial score (nSPS) is 22.5.